The molecule has 1 unspecified atom stereocenters. The Morgan fingerprint density at radius 3 is 2.89 bits per heavy atom. The Hall–Kier alpha value is -1.23. The Kier molecular flexibility index (Phi) is 3.39. The lowest BCUT2D eigenvalue weighted by Gasteiger charge is -2.17. The zero-order valence-electron chi connectivity index (χ0n) is 10.8. The van der Waals surface area contributed by atoms with E-state index in [4.69, 9.17) is 0 Å². The van der Waals surface area contributed by atoms with E-state index in [2.05, 4.69) is 59.1 Å². The van der Waals surface area contributed by atoms with Gasteiger partial charge in [0.1, 0.15) is 5.75 Å². The number of nitrogens with one attached hydrogen (secondary N) is 1. The number of aromatic hydroxyl groups is 1. The first-order valence-electron chi connectivity index (χ1n) is 6.48. The highest BCUT2D eigenvalue weighted by Crippen LogP contribution is 2.38. The van der Waals surface area contributed by atoms with Crippen molar-refractivity contribution in [1.82, 2.24) is 0 Å². The van der Waals surface area contributed by atoms with Crippen LogP contribution in [0.2, 0.25) is 0 Å². The van der Waals surface area contributed by atoms with Gasteiger partial charge in [-0.15, -0.1) is 0 Å². The Bertz CT molecular complexity index is 624. The summed E-state index contributed by atoms with van der Waals surface area (Å²) in [6.07, 6.45) is 1.99. The lowest BCUT2D eigenvalue weighted by Crippen LogP contribution is -2.08. The van der Waals surface area contributed by atoms with E-state index in [-0.39, 0.29) is 0 Å². The number of anilines is 1. The molecule has 98 valence electrons. The fourth-order valence-electron chi connectivity index (χ4n) is 2.76. The predicted octanol–water partition coefficient (Wildman–Crippen LogP) is 4.40. The predicted molar refractivity (Wildman–Crippen MR) is 86.7 cm³/mol. The van der Waals surface area contributed by atoms with Gasteiger partial charge in [-0.05, 0) is 83.3 Å². The van der Waals surface area contributed by atoms with E-state index in [1.807, 2.05) is 6.07 Å². The number of fused-ring (bicyclic) bond motifs is 1. The van der Waals surface area contributed by atoms with Gasteiger partial charge in [-0.3, -0.25) is 0 Å². The number of rotatable bonds is 2. The van der Waals surface area contributed by atoms with Crippen molar-refractivity contribution in [3.8, 4) is 5.75 Å². The molecule has 0 saturated carbocycles. The molecule has 0 heterocycles. The highest BCUT2D eigenvalue weighted by Gasteiger charge is 2.24. The summed E-state index contributed by atoms with van der Waals surface area (Å²) < 4.78 is 1.25. The molecule has 0 radical (unpaired) electrons. The fourth-order valence-corrected chi connectivity index (χ4v) is 3.41. The third-order valence-electron chi connectivity index (χ3n) is 3.76. The number of aryl methyl sites for hydroxylation is 1. The summed E-state index contributed by atoms with van der Waals surface area (Å²) >= 11 is 2.33. The van der Waals surface area contributed by atoms with Crippen LogP contribution in [0.25, 0.3) is 0 Å². The Labute approximate surface area is 127 Å². The molecule has 0 fully saturated rings. The smallest absolute Gasteiger partial charge is 0.119 e. The highest BCUT2D eigenvalue weighted by atomic mass is 127. The maximum Gasteiger partial charge on any atom is 0.119 e. The van der Waals surface area contributed by atoms with Crippen molar-refractivity contribution in [2.45, 2.75) is 25.8 Å². The first kappa shape index (κ1) is 12.8. The minimum absolute atomic E-state index is 0.306. The number of hydrogen-bond acceptors (Lipinski definition) is 2. The maximum atomic E-state index is 9.88. The van der Waals surface area contributed by atoms with Crippen molar-refractivity contribution >= 4 is 28.3 Å². The van der Waals surface area contributed by atoms with Crippen molar-refractivity contribution in [2.75, 3.05) is 5.32 Å². The van der Waals surface area contributed by atoms with Gasteiger partial charge in [-0.1, -0.05) is 12.1 Å². The summed E-state index contributed by atoms with van der Waals surface area (Å²) in [6, 6.07) is 12.6. The van der Waals surface area contributed by atoms with E-state index in [9.17, 15) is 5.11 Å². The molecule has 0 saturated heterocycles. The van der Waals surface area contributed by atoms with Crippen LogP contribution in [0.1, 0.15) is 29.2 Å². The summed E-state index contributed by atoms with van der Waals surface area (Å²) in [7, 11) is 0. The van der Waals surface area contributed by atoms with Gasteiger partial charge in [0.25, 0.3) is 0 Å². The molecule has 3 heteroatoms. The molecule has 3 rings (SSSR count). The zero-order valence-corrected chi connectivity index (χ0v) is 12.9. The van der Waals surface area contributed by atoms with E-state index in [1.54, 1.807) is 6.07 Å². The van der Waals surface area contributed by atoms with Crippen molar-refractivity contribution in [1.29, 1.82) is 0 Å². The first-order valence-corrected chi connectivity index (χ1v) is 7.56. The molecule has 0 aromatic heterocycles. The minimum Gasteiger partial charge on any atom is -0.508 e. The lowest BCUT2D eigenvalue weighted by molar-refractivity contribution is 0.469. The molecule has 0 amide bonds. The van der Waals surface area contributed by atoms with E-state index in [0.717, 1.165) is 18.4 Å². The second kappa shape index (κ2) is 5.04. The molecule has 1 atom stereocenters. The van der Waals surface area contributed by atoms with E-state index < -0.39 is 0 Å². The van der Waals surface area contributed by atoms with Gasteiger partial charge in [0.05, 0.1) is 6.04 Å². The first-order chi connectivity index (χ1) is 9.15. The van der Waals surface area contributed by atoms with Crippen molar-refractivity contribution in [3.05, 3.63) is 56.7 Å². The fraction of sp³-hybridized carbons (Fsp3) is 0.250. The summed E-state index contributed by atoms with van der Waals surface area (Å²) in [6.45, 7) is 2.13. The SMILES string of the molecule is Cc1cc(I)ccc1NC1CCc2c(O)cccc21. The van der Waals surface area contributed by atoms with Gasteiger partial charge in [0.15, 0.2) is 0 Å². The van der Waals surface area contributed by atoms with E-state index in [0.29, 0.717) is 11.8 Å². The average molecular weight is 365 g/mol. The molecule has 19 heavy (non-hydrogen) atoms. The molecule has 0 spiro atoms. The monoisotopic (exact) mass is 365 g/mol. The van der Waals surface area contributed by atoms with Crippen LogP contribution in [0.5, 0.6) is 5.75 Å². The molecule has 2 nitrogen and oxygen atoms in total. The molecule has 2 aromatic carbocycles. The molecule has 2 N–H and O–H groups in total. The standard InChI is InChI=1S/C16H16INO/c1-10-9-11(17)5-7-14(10)18-15-8-6-13-12(15)3-2-4-16(13)19/h2-5,7,9,15,18-19H,6,8H2,1H3. The number of benzene rings is 2. The quantitative estimate of drug-likeness (QED) is 0.773. The van der Waals surface area contributed by atoms with Gasteiger partial charge >= 0.3 is 0 Å². The molecule has 0 bridgehead atoms. The summed E-state index contributed by atoms with van der Waals surface area (Å²) in [4.78, 5) is 0. The molecular formula is C16H16INO. The van der Waals surface area contributed by atoms with Crippen LogP contribution in [-0.4, -0.2) is 5.11 Å². The Morgan fingerprint density at radius 1 is 1.26 bits per heavy atom. The van der Waals surface area contributed by atoms with E-state index >= 15 is 0 Å². The topological polar surface area (TPSA) is 32.3 Å². The lowest BCUT2D eigenvalue weighted by atomic mass is 10.1. The number of phenols is 1. The molecular weight excluding hydrogens is 349 g/mol. The number of halogens is 1. The highest BCUT2D eigenvalue weighted by molar-refractivity contribution is 14.1. The Morgan fingerprint density at radius 2 is 2.11 bits per heavy atom. The van der Waals surface area contributed by atoms with Crippen molar-refractivity contribution in [3.63, 3.8) is 0 Å². The summed E-state index contributed by atoms with van der Waals surface area (Å²) in [5.41, 5.74) is 4.78. The van der Waals surface area contributed by atoms with Gasteiger partial charge in [0, 0.05) is 9.26 Å². The summed E-state index contributed by atoms with van der Waals surface area (Å²) in [5, 5.41) is 13.5. The van der Waals surface area contributed by atoms with Gasteiger partial charge < -0.3 is 10.4 Å². The van der Waals surface area contributed by atoms with E-state index in [1.165, 1.54) is 20.4 Å². The molecule has 1 aliphatic carbocycles. The average Bonchev–Trinajstić information content (AvgIpc) is 2.78. The second-order valence-corrected chi connectivity index (χ2v) is 6.29. The van der Waals surface area contributed by atoms with Crippen LogP contribution < -0.4 is 5.32 Å². The zero-order chi connectivity index (χ0) is 13.4. The molecule has 1 aliphatic rings. The third kappa shape index (κ3) is 2.43. The second-order valence-electron chi connectivity index (χ2n) is 5.04. The van der Waals surface area contributed by atoms with Crippen LogP contribution in [0, 0.1) is 10.5 Å². The number of hydrogen-bond donors (Lipinski definition) is 2. The maximum absolute atomic E-state index is 9.88. The number of phenolic OH excluding ortho intramolecular Hbond substituents is 1. The van der Waals surface area contributed by atoms with Crippen LogP contribution in [-0.2, 0) is 6.42 Å². The van der Waals surface area contributed by atoms with Crippen molar-refractivity contribution < 1.29 is 5.11 Å². The van der Waals surface area contributed by atoms with Crippen LogP contribution in [0.15, 0.2) is 36.4 Å². The largest absolute Gasteiger partial charge is 0.508 e. The Balaban J connectivity index is 1.89. The van der Waals surface area contributed by atoms with Gasteiger partial charge in [-0.25, -0.2) is 0 Å². The van der Waals surface area contributed by atoms with Crippen LogP contribution in [0.3, 0.4) is 0 Å². The van der Waals surface area contributed by atoms with Gasteiger partial charge in [0.2, 0.25) is 0 Å². The normalized spacial score (nSPS) is 17.3. The van der Waals surface area contributed by atoms with Gasteiger partial charge in [-0.2, -0.15) is 0 Å². The van der Waals surface area contributed by atoms with Crippen LogP contribution >= 0.6 is 22.6 Å². The minimum atomic E-state index is 0.306. The molecule has 0 aliphatic heterocycles. The van der Waals surface area contributed by atoms with Crippen LogP contribution in [0.4, 0.5) is 5.69 Å². The summed E-state index contributed by atoms with van der Waals surface area (Å²) in [5.74, 6) is 0.432. The molecule has 2 aromatic rings. The van der Waals surface area contributed by atoms with Crippen molar-refractivity contribution in [2.24, 2.45) is 0 Å². The third-order valence-corrected chi connectivity index (χ3v) is 4.44.